The van der Waals surface area contributed by atoms with Gasteiger partial charge in [-0.05, 0) is 42.8 Å². The van der Waals surface area contributed by atoms with Crippen molar-refractivity contribution in [2.75, 3.05) is 51.8 Å². The van der Waals surface area contributed by atoms with Gasteiger partial charge in [-0.25, -0.2) is 0 Å². The molecule has 1 amide bonds. The summed E-state index contributed by atoms with van der Waals surface area (Å²) in [6, 6.07) is 14.6. The molecule has 0 N–H and O–H groups in total. The van der Waals surface area contributed by atoms with Gasteiger partial charge in [0.05, 0.1) is 13.7 Å². The van der Waals surface area contributed by atoms with E-state index in [0.29, 0.717) is 24.5 Å². The number of amides is 1. The average Bonchev–Trinajstić information content (AvgIpc) is 2.92. The lowest BCUT2D eigenvalue weighted by atomic mass is 10.2. The number of carbonyl (C=O) groups is 1. The van der Waals surface area contributed by atoms with E-state index in [1.807, 2.05) is 29.2 Å². The van der Waals surface area contributed by atoms with Gasteiger partial charge in [-0.3, -0.25) is 4.79 Å². The Hall–Kier alpha value is -3.07. The molecule has 0 aliphatic carbocycles. The summed E-state index contributed by atoms with van der Waals surface area (Å²) in [5, 5.41) is 0. The van der Waals surface area contributed by atoms with E-state index >= 15 is 0 Å². The summed E-state index contributed by atoms with van der Waals surface area (Å²) in [5.74, 6) is 1.10. The lowest BCUT2D eigenvalue weighted by Crippen LogP contribution is -2.42. The minimum absolute atomic E-state index is 0.0384. The number of hydrogen-bond donors (Lipinski definition) is 0. The van der Waals surface area contributed by atoms with Gasteiger partial charge in [0.1, 0.15) is 10.6 Å². The van der Waals surface area contributed by atoms with Crippen LogP contribution < -0.4 is 9.64 Å². The third-order valence-electron chi connectivity index (χ3n) is 5.63. The Balaban J connectivity index is 1.40. The summed E-state index contributed by atoms with van der Waals surface area (Å²) < 4.78 is 33.7. The van der Waals surface area contributed by atoms with E-state index in [4.69, 9.17) is 4.74 Å². The maximum atomic E-state index is 13.0. The van der Waals surface area contributed by atoms with Crippen LogP contribution in [-0.2, 0) is 14.8 Å². The Kier molecular flexibility index (Phi) is 5.86. The summed E-state index contributed by atoms with van der Waals surface area (Å²) in [6.45, 7) is 2.95. The first-order valence-corrected chi connectivity index (χ1v) is 11.7. The third-order valence-corrected chi connectivity index (χ3v) is 6.96. The molecular weight excluding hydrogens is 416 g/mol. The summed E-state index contributed by atoms with van der Waals surface area (Å²) in [7, 11) is -0.354. The molecule has 0 radical (unpaired) electrons. The summed E-state index contributed by atoms with van der Waals surface area (Å²) in [4.78, 5) is 18.9. The first kappa shape index (κ1) is 21.2. The van der Waals surface area contributed by atoms with E-state index in [1.54, 1.807) is 43.3 Å². The van der Waals surface area contributed by atoms with Crippen LogP contribution in [0.25, 0.3) is 0 Å². The Morgan fingerprint density at radius 1 is 1.06 bits per heavy atom. The van der Waals surface area contributed by atoms with Crippen molar-refractivity contribution in [2.24, 2.45) is 4.40 Å². The van der Waals surface area contributed by atoms with Gasteiger partial charge >= 0.3 is 0 Å². The van der Waals surface area contributed by atoms with Gasteiger partial charge in [-0.2, -0.15) is 8.42 Å². The zero-order chi connectivity index (χ0) is 22.0. The van der Waals surface area contributed by atoms with Crippen molar-refractivity contribution in [3.05, 3.63) is 54.1 Å². The Bertz CT molecular complexity index is 1100. The number of anilines is 1. The van der Waals surface area contributed by atoms with Gasteiger partial charge < -0.3 is 19.4 Å². The number of hydrogen-bond acceptors (Lipinski definition) is 6. The smallest absolute Gasteiger partial charge is 0.285 e. The molecule has 0 unspecified atom stereocenters. The summed E-state index contributed by atoms with van der Waals surface area (Å²) >= 11 is 0. The number of nitrogens with zero attached hydrogens (tertiary/aromatic N) is 4. The van der Waals surface area contributed by atoms with E-state index in [1.165, 1.54) is 0 Å². The van der Waals surface area contributed by atoms with Crippen LogP contribution in [0.2, 0.25) is 0 Å². The number of likely N-dealkylation sites (N-methyl/N-ethyl adjacent to an activating group) is 1. The van der Waals surface area contributed by atoms with Crippen molar-refractivity contribution in [3.63, 3.8) is 0 Å². The molecule has 4 rings (SSSR count). The van der Waals surface area contributed by atoms with Crippen LogP contribution in [0, 0.1) is 0 Å². The maximum Gasteiger partial charge on any atom is 0.285 e. The molecule has 2 aromatic carbocycles. The molecule has 2 heterocycles. The predicted molar refractivity (Wildman–Crippen MR) is 119 cm³/mol. The maximum absolute atomic E-state index is 13.0. The van der Waals surface area contributed by atoms with Crippen LogP contribution in [0.1, 0.15) is 12.0 Å². The van der Waals surface area contributed by atoms with Crippen LogP contribution in [0.3, 0.4) is 0 Å². The highest BCUT2D eigenvalue weighted by atomic mass is 32.2. The fourth-order valence-corrected chi connectivity index (χ4v) is 5.21. The quantitative estimate of drug-likeness (QED) is 0.718. The van der Waals surface area contributed by atoms with E-state index in [2.05, 4.69) is 9.30 Å². The molecule has 1 saturated heterocycles. The van der Waals surface area contributed by atoms with Crippen molar-refractivity contribution >= 4 is 27.5 Å². The Morgan fingerprint density at radius 3 is 2.55 bits per heavy atom. The number of amidine groups is 1. The standard InChI is InChI=1S/C22H26N4O4S/c1-24(22-19-6-3-4-7-20(19)31(28,29)23-22)16-21(27)26-13-5-12-25(14-15-26)17-8-10-18(30-2)11-9-17/h3-4,6-11H,5,12-16H2,1-2H3. The second kappa shape index (κ2) is 8.58. The van der Waals surface area contributed by atoms with Crippen LogP contribution >= 0.6 is 0 Å². The van der Waals surface area contributed by atoms with Crippen LogP contribution in [0.5, 0.6) is 5.75 Å². The molecule has 9 heteroatoms. The predicted octanol–water partition coefficient (Wildman–Crippen LogP) is 1.81. The Morgan fingerprint density at radius 2 is 1.81 bits per heavy atom. The molecule has 0 spiro atoms. The fraction of sp³-hybridized carbons (Fsp3) is 0.364. The van der Waals surface area contributed by atoms with Crippen molar-refractivity contribution in [2.45, 2.75) is 11.3 Å². The van der Waals surface area contributed by atoms with Gasteiger partial charge in [-0.15, -0.1) is 4.40 Å². The van der Waals surface area contributed by atoms with Crippen molar-refractivity contribution in [1.29, 1.82) is 0 Å². The lowest BCUT2D eigenvalue weighted by molar-refractivity contribution is -0.131. The lowest BCUT2D eigenvalue weighted by Gasteiger charge is -2.26. The van der Waals surface area contributed by atoms with E-state index in [-0.39, 0.29) is 17.3 Å². The molecule has 1 fully saturated rings. The highest BCUT2D eigenvalue weighted by molar-refractivity contribution is 7.90. The van der Waals surface area contributed by atoms with Gasteiger partial charge in [0, 0.05) is 44.5 Å². The Labute approximate surface area is 182 Å². The van der Waals surface area contributed by atoms with Crippen LogP contribution in [-0.4, -0.2) is 76.8 Å². The first-order valence-electron chi connectivity index (χ1n) is 10.2. The number of methoxy groups -OCH3 is 1. The molecule has 2 aliphatic heterocycles. The van der Waals surface area contributed by atoms with Crippen LogP contribution in [0.15, 0.2) is 57.8 Å². The molecule has 0 bridgehead atoms. The second-order valence-electron chi connectivity index (χ2n) is 7.66. The molecule has 8 nitrogen and oxygen atoms in total. The summed E-state index contributed by atoms with van der Waals surface area (Å²) in [6.07, 6.45) is 0.861. The number of benzene rings is 2. The highest BCUT2D eigenvalue weighted by Crippen LogP contribution is 2.27. The zero-order valence-corrected chi connectivity index (χ0v) is 18.5. The van der Waals surface area contributed by atoms with Crippen molar-refractivity contribution in [1.82, 2.24) is 9.80 Å². The normalized spacial score (nSPS) is 17.5. The molecular formula is C22H26N4O4S. The monoisotopic (exact) mass is 442 g/mol. The van der Waals surface area contributed by atoms with E-state index in [0.717, 1.165) is 30.9 Å². The minimum atomic E-state index is -3.70. The minimum Gasteiger partial charge on any atom is -0.497 e. The number of rotatable bonds is 4. The molecule has 31 heavy (non-hydrogen) atoms. The van der Waals surface area contributed by atoms with E-state index in [9.17, 15) is 13.2 Å². The zero-order valence-electron chi connectivity index (χ0n) is 17.7. The molecule has 164 valence electrons. The summed E-state index contributed by atoms with van der Waals surface area (Å²) in [5.41, 5.74) is 1.65. The first-order chi connectivity index (χ1) is 14.9. The van der Waals surface area contributed by atoms with Crippen LogP contribution in [0.4, 0.5) is 5.69 Å². The fourth-order valence-electron chi connectivity index (χ4n) is 3.96. The van der Waals surface area contributed by atoms with Gasteiger partial charge in [0.2, 0.25) is 5.91 Å². The largest absolute Gasteiger partial charge is 0.497 e. The van der Waals surface area contributed by atoms with Crippen molar-refractivity contribution in [3.8, 4) is 5.75 Å². The number of sulfonamides is 1. The van der Waals surface area contributed by atoms with Crippen molar-refractivity contribution < 1.29 is 17.9 Å². The highest BCUT2D eigenvalue weighted by Gasteiger charge is 2.31. The number of ether oxygens (including phenoxy) is 1. The van der Waals surface area contributed by atoms with Gasteiger partial charge in [-0.1, -0.05) is 12.1 Å². The molecule has 2 aliphatic rings. The SMILES string of the molecule is COc1ccc(N2CCCN(C(=O)CN(C)C3=NS(=O)(=O)c4ccccc43)CC2)cc1. The van der Waals surface area contributed by atoms with Gasteiger partial charge in [0.25, 0.3) is 10.0 Å². The molecule has 2 aromatic rings. The topological polar surface area (TPSA) is 82.5 Å². The van der Waals surface area contributed by atoms with E-state index < -0.39 is 10.0 Å². The van der Waals surface area contributed by atoms with Gasteiger partial charge in [0.15, 0.2) is 5.84 Å². The number of carbonyl (C=O) groups excluding carboxylic acids is 1. The molecule has 0 aromatic heterocycles. The average molecular weight is 443 g/mol. The molecule has 0 atom stereocenters. The molecule has 0 saturated carbocycles. The third kappa shape index (κ3) is 4.36. The number of fused-ring (bicyclic) bond motifs is 1. The second-order valence-corrected chi connectivity index (χ2v) is 9.23.